The van der Waals surface area contributed by atoms with Gasteiger partial charge < -0.3 is 10.1 Å². The van der Waals surface area contributed by atoms with Crippen LogP contribution in [0.4, 0.5) is 5.69 Å². The van der Waals surface area contributed by atoms with E-state index in [0.717, 1.165) is 5.56 Å². The summed E-state index contributed by atoms with van der Waals surface area (Å²) in [5.74, 6) is -1.70. The standard InChI is InChI=1S/C21H26N2O5S/c1-14(2)19(23-29(26,27)18-8-6-5-7-9-18)21(25)28-16(4)20(24)22-17-12-10-15(3)11-13-17/h5-14,16,19,23H,1-4H3,(H,22,24)/t16-,19-/m0/s1. The molecule has 0 unspecified atom stereocenters. The molecule has 8 heteroatoms. The molecule has 29 heavy (non-hydrogen) atoms. The molecule has 2 atom stereocenters. The van der Waals surface area contributed by atoms with Crippen molar-refractivity contribution in [1.29, 1.82) is 0 Å². The van der Waals surface area contributed by atoms with E-state index < -0.39 is 34.0 Å². The van der Waals surface area contributed by atoms with E-state index in [9.17, 15) is 18.0 Å². The van der Waals surface area contributed by atoms with Gasteiger partial charge in [-0.25, -0.2) is 8.42 Å². The quantitative estimate of drug-likeness (QED) is 0.642. The minimum atomic E-state index is -3.91. The molecule has 0 bridgehead atoms. The maximum absolute atomic E-state index is 12.6. The number of hydrogen-bond acceptors (Lipinski definition) is 5. The highest BCUT2D eigenvalue weighted by molar-refractivity contribution is 7.89. The number of ether oxygens (including phenoxy) is 1. The van der Waals surface area contributed by atoms with Crippen molar-refractivity contribution in [1.82, 2.24) is 4.72 Å². The number of sulfonamides is 1. The molecule has 0 aliphatic heterocycles. The summed E-state index contributed by atoms with van der Waals surface area (Å²) in [5.41, 5.74) is 1.63. The molecule has 0 fully saturated rings. The summed E-state index contributed by atoms with van der Waals surface area (Å²) in [4.78, 5) is 24.9. The third-order valence-electron chi connectivity index (χ3n) is 4.24. The van der Waals surface area contributed by atoms with Gasteiger partial charge in [0.05, 0.1) is 4.90 Å². The third-order valence-corrected chi connectivity index (χ3v) is 5.69. The Morgan fingerprint density at radius 3 is 2.07 bits per heavy atom. The van der Waals surface area contributed by atoms with Gasteiger partial charge in [-0.05, 0) is 44.0 Å². The molecule has 0 heterocycles. The molecule has 2 rings (SSSR count). The lowest BCUT2D eigenvalue weighted by atomic mass is 10.1. The number of carbonyl (C=O) groups excluding carboxylic acids is 2. The molecule has 0 aromatic heterocycles. The summed E-state index contributed by atoms with van der Waals surface area (Å²) < 4.78 is 32.7. The Bertz CT molecular complexity index is 941. The first-order valence-electron chi connectivity index (χ1n) is 9.25. The van der Waals surface area contributed by atoms with E-state index in [1.54, 1.807) is 44.2 Å². The van der Waals surface area contributed by atoms with Crippen LogP contribution in [-0.4, -0.2) is 32.4 Å². The van der Waals surface area contributed by atoms with Gasteiger partial charge in [-0.3, -0.25) is 9.59 Å². The highest BCUT2D eigenvalue weighted by Gasteiger charge is 2.31. The predicted molar refractivity (Wildman–Crippen MR) is 111 cm³/mol. The van der Waals surface area contributed by atoms with Crippen LogP contribution in [0.5, 0.6) is 0 Å². The normalized spacial score (nSPS) is 13.6. The van der Waals surface area contributed by atoms with Crippen LogP contribution in [0, 0.1) is 12.8 Å². The molecule has 0 spiro atoms. The van der Waals surface area contributed by atoms with Crippen molar-refractivity contribution in [2.75, 3.05) is 5.32 Å². The van der Waals surface area contributed by atoms with Crippen molar-refractivity contribution >= 4 is 27.6 Å². The molecule has 0 saturated carbocycles. The number of benzene rings is 2. The molecule has 0 saturated heterocycles. The fourth-order valence-electron chi connectivity index (χ4n) is 2.47. The Kier molecular flexibility index (Phi) is 7.53. The van der Waals surface area contributed by atoms with Crippen molar-refractivity contribution in [2.45, 2.75) is 44.7 Å². The van der Waals surface area contributed by atoms with E-state index in [2.05, 4.69) is 10.0 Å². The molecule has 0 aliphatic rings. The molecule has 0 aliphatic carbocycles. The summed E-state index contributed by atoms with van der Waals surface area (Å²) >= 11 is 0. The van der Waals surface area contributed by atoms with Gasteiger partial charge in [0.25, 0.3) is 5.91 Å². The number of carbonyl (C=O) groups is 2. The molecular formula is C21H26N2O5S. The van der Waals surface area contributed by atoms with E-state index in [-0.39, 0.29) is 10.8 Å². The fourth-order valence-corrected chi connectivity index (χ4v) is 3.83. The van der Waals surface area contributed by atoms with Crippen LogP contribution in [0.2, 0.25) is 0 Å². The van der Waals surface area contributed by atoms with Gasteiger partial charge in [0, 0.05) is 5.69 Å². The number of anilines is 1. The van der Waals surface area contributed by atoms with Crippen LogP contribution in [0.25, 0.3) is 0 Å². The van der Waals surface area contributed by atoms with Crippen molar-refractivity contribution < 1.29 is 22.7 Å². The average molecular weight is 419 g/mol. The highest BCUT2D eigenvalue weighted by Crippen LogP contribution is 2.14. The van der Waals surface area contributed by atoms with Crippen molar-refractivity contribution in [2.24, 2.45) is 5.92 Å². The largest absolute Gasteiger partial charge is 0.451 e. The zero-order chi connectivity index (χ0) is 21.6. The van der Waals surface area contributed by atoms with Gasteiger partial charge in [-0.2, -0.15) is 4.72 Å². The van der Waals surface area contributed by atoms with Gasteiger partial charge in [0.1, 0.15) is 6.04 Å². The Labute approximate surface area is 171 Å². The second-order valence-electron chi connectivity index (χ2n) is 7.09. The Hall–Kier alpha value is -2.71. The molecule has 0 radical (unpaired) electrons. The second kappa shape index (κ2) is 9.67. The molecule has 156 valence electrons. The maximum Gasteiger partial charge on any atom is 0.325 e. The zero-order valence-corrected chi connectivity index (χ0v) is 17.7. The van der Waals surface area contributed by atoms with E-state index in [1.165, 1.54) is 19.1 Å². The summed E-state index contributed by atoms with van der Waals surface area (Å²) in [6, 6.07) is 13.8. The van der Waals surface area contributed by atoms with E-state index in [0.29, 0.717) is 5.69 Å². The van der Waals surface area contributed by atoms with E-state index >= 15 is 0 Å². The summed E-state index contributed by atoms with van der Waals surface area (Å²) in [7, 11) is -3.91. The number of amides is 1. The Morgan fingerprint density at radius 2 is 1.52 bits per heavy atom. The minimum Gasteiger partial charge on any atom is -0.451 e. The summed E-state index contributed by atoms with van der Waals surface area (Å²) in [5, 5.41) is 2.66. The number of aryl methyl sites for hydroxylation is 1. The van der Waals surface area contributed by atoms with Crippen LogP contribution in [-0.2, 0) is 24.3 Å². The summed E-state index contributed by atoms with van der Waals surface area (Å²) in [6.07, 6.45) is -1.09. The number of esters is 1. The van der Waals surface area contributed by atoms with Crippen LogP contribution >= 0.6 is 0 Å². The minimum absolute atomic E-state index is 0.0450. The predicted octanol–water partition coefficient (Wildman–Crippen LogP) is 2.87. The maximum atomic E-state index is 12.6. The second-order valence-corrected chi connectivity index (χ2v) is 8.80. The van der Waals surface area contributed by atoms with Gasteiger partial charge in [0.2, 0.25) is 10.0 Å². The molecule has 7 nitrogen and oxygen atoms in total. The van der Waals surface area contributed by atoms with Gasteiger partial charge in [-0.15, -0.1) is 0 Å². The van der Waals surface area contributed by atoms with Crippen LogP contribution in [0.15, 0.2) is 59.5 Å². The highest BCUT2D eigenvalue weighted by atomic mass is 32.2. The topological polar surface area (TPSA) is 102 Å². The first-order chi connectivity index (χ1) is 13.6. The Morgan fingerprint density at radius 1 is 0.931 bits per heavy atom. The average Bonchev–Trinajstić information content (AvgIpc) is 2.68. The van der Waals surface area contributed by atoms with Gasteiger partial charge in [-0.1, -0.05) is 49.7 Å². The van der Waals surface area contributed by atoms with Crippen LogP contribution in [0.3, 0.4) is 0 Å². The lowest BCUT2D eigenvalue weighted by molar-refractivity contribution is -0.155. The van der Waals surface area contributed by atoms with Crippen LogP contribution in [0.1, 0.15) is 26.3 Å². The first kappa shape index (κ1) is 22.6. The number of hydrogen-bond donors (Lipinski definition) is 2. The number of rotatable bonds is 8. The van der Waals surface area contributed by atoms with E-state index in [1.807, 2.05) is 19.1 Å². The van der Waals surface area contributed by atoms with Crippen molar-refractivity contribution in [3.63, 3.8) is 0 Å². The fraction of sp³-hybridized carbons (Fsp3) is 0.333. The monoisotopic (exact) mass is 418 g/mol. The zero-order valence-electron chi connectivity index (χ0n) is 16.9. The molecule has 2 N–H and O–H groups in total. The van der Waals surface area contributed by atoms with Crippen molar-refractivity contribution in [3.05, 3.63) is 60.2 Å². The summed E-state index contributed by atoms with van der Waals surface area (Å²) in [6.45, 7) is 6.75. The molecule has 2 aromatic carbocycles. The smallest absolute Gasteiger partial charge is 0.325 e. The lowest BCUT2D eigenvalue weighted by Crippen LogP contribution is -2.47. The van der Waals surface area contributed by atoms with Crippen LogP contribution < -0.4 is 10.0 Å². The first-order valence-corrected chi connectivity index (χ1v) is 10.7. The van der Waals surface area contributed by atoms with E-state index in [4.69, 9.17) is 4.74 Å². The lowest BCUT2D eigenvalue weighted by Gasteiger charge is -2.23. The Balaban J connectivity index is 2.04. The van der Waals surface area contributed by atoms with Gasteiger partial charge >= 0.3 is 5.97 Å². The van der Waals surface area contributed by atoms with Crippen molar-refractivity contribution in [3.8, 4) is 0 Å². The van der Waals surface area contributed by atoms with Gasteiger partial charge in [0.15, 0.2) is 6.10 Å². The molecule has 1 amide bonds. The number of nitrogens with one attached hydrogen (secondary N) is 2. The SMILES string of the molecule is Cc1ccc(NC(=O)[C@H](C)OC(=O)[C@@H](NS(=O)(=O)c2ccccc2)C(C)C)cc1. The molecular weight excluding hydrogens is 392 g/mol. The third kappa shape index (κ3) is 6.40. The molecule has 2 aromatic rings.